The van der Waals surface area contributed by atoms with Crippen LogP contribution in [-0.2, 0) is 11.0 Å². The molecule has 6 nitrogen and oxygen atoms in total. The predicted octanol–water partition coefficient (Wildman–Crippen LogP) is 6.17. The summed E-state index contributed by atoms with van der Waals surface area (Å²) in [4.78, 5) is 16.9. The zero-order valence-corrected chi connectivity index (χ0v) is 20.0. The molecule has 0 saturated heterocycles. The first-order valence-corrected chi connectivity index (χ1v) is 11.7. The molecule has 1 N–H and O–H groups in total. The van der Waals surface area contributed by atoms with Crippen LogP contribution < -0.4 is 0 Å². The average Bonchev–Trinajstić information content (AvgIpc) is 3.32. The maximum absolute atomic E-state index is 13.2. The van der Waals surface area contributed by atoms with Crippen molar-refractivity contribution in [3.05, 3.63) is 58.4 Å². The first kappa shape index (κ1) is 24.0. The molecule has 3 heterocycles. The number of thioether (sulfide) groups is 1. The van der Waals surface area contributed by atoms with Crippen molar-refractivity contribution >= 4 is 39.8 Å². The monoisotopic (exact) mass is 487 g/mol. The number of carbonyl (C=O) groups is 1. The smallest absolute Gasteiger partial charge is 0.318 e. The largest absolute Gasteiger partial charge is 0.416 e. The van der Waals surface area contributed by atoms with Gasteiger partial charge in [-0.3, -0.25) is 10.2 Å². The van der Waals surface area contributed by atoms with Gasteiger partial charge < -0.3 is 4.57 Å². The van der Waals surface area contributed by atoms with E-state index in [1.807, 2.05) is 0 Å². The van der Waals surface area contributed by atoms with Gasteiger partial charge in [0.15, 0.2) is 5.84 Å². The molecule has 1 amide bonds. The lowest BCUT2D eigenvalue weighted by Crippen LogP contribution is -2.35. The summed E-state index contributed by atoms with van der Waals surface area (Å²) < 4.78 is 41.3. The van der Waals surface area contributed by atoms with Crippen LogP contribution in [0.4, 0.5) is 13.2 Å². The number of hydrogen-bond acceptors (Lipinski definition) is 4. The molecular formula is C24H24F3N5OS. The third kappa shape index (κ3) is 4.22. The second-order valence-electron chi connectivity index (χ2n) is 8.18. The van der Waals surface area contributed by atoms with Crippen LogP contribution in [-0.4, -0.2) is 31.5 Å². The van der Waals surface area contributed by atoms with Gasteiger partial charge in [0.05, 0.1) is 11.1 Å². The fourth-order valence-corrected chi connectivity index (χ4v) is 5.27. The average molecular weight is 488 g/mol. The number of amidine groups is 2. The number of hydrogen-bond donors (Lipinski definition) is 1. The molecule has 0 saturated carbocycles. The molecule has 2 aromatic rings. The number of nitrogens with zero attached hydrogens (tertiary/aromatic N) is 4. The van der Waals surface area contributed by atoms with Gasteiger partial charge in [-0.2, -0.15) is 28.3 Å². The van der Waals surface area contributed by atoms with Gasteiger partial charge in [0.2, 0.25) is 5.17 Å². The van der Waals surface area contributed by atoms with Crippen LogP contribution in [0.3, 0.4) is 0 Å². The fourth-order valence-electron chi connectivity index (χ4n) is 4.12. The molecule has 0 spiro atoms. The number of fused-ring (bicyclic) bond motifs is 1. The number of carbonyl (C=O) groups excluding carboxylic acids is 1. The summed E-state index contributed by atoms with van der Waals surface area (Å²) in [7, 11) is 0. The highest BCUT2D eigenvalue weighted by atomic mass is 32.2. The third-order valence-corrected chi connectivity index (χ3v) is 7.08. The molecule has 4 rings (SSSR count). The first-order valence-electron chi connectivity index (χ1n) is 10.9. The van der Waals surface area contributed by atoms with Gasteiger partial charge in [-0.25, -0.2) is 0 Å². The van der Waals surface area contributed by atoms with Gasteiger partial charge in [0.25, 0.3) is 5.91 Å². The Morgan fingerprint density at radius 2 is 1.88 bits per heavy atom. The SMILES string of the molecule is CCC(CC)C1=NN2C(=N)/C(=C/c3cc(C)n(-c4cccc(C(F)(F)F)c4)c3C)C(=O)N=C2S1. The molecular weight excluding hydrogens is 463 g/mol. The molecule has 2 aliphatic rings. The number of halogens is 3. The highest BCUT2D eigenvalue weighted by Gasteiger charge is 2.37. The Kier molecular flexibility index (Phi) is 6.28. The number of amides is 1. The molecule has 0 atom stereocenters. The molecule has 0 aliphatic carbocycles. The Morgan fingerprint density at radius 1 is 1.18 bits per heavy atom. The maximum Gasteiger partial charge on any atom is 0.416 e. The van der Waals surface area contributed by atoms with Crippen LogP contribution in [0.2, 0.25) is 0 Å². The summed E-state index contributed by atoms with van der Waals surface area (Å²) in [5.41, 5.74) is 1.70. The van der Waals surface area contributed by atoms with Crippen molar-refractivity contribution in [3.8, 4) is 5.69 Å². The maximum atomic E-state index is 13.2. The third-order valence-electron chi connectivity index (χ3n) is 6.01. The number of hydrazone groups is 1. The molecule has 0 unspecified atom stereocenters. The van der Waals surface area contributed by atoms with E-state index in [-0.39, 0.29) is 17.3 Å². The van der Waals surface area contributed by atoms with Gasteiger partial charge in [0.1, 0.15) is 5.04 Å². The molecule has 1 aromatic carbocycles. The molecule has 1 aromatic heterocycles. The second kappa shape index (κ2) is 8.90. The summed E-state index contributed by atoms with van der Waals surface area (Å²) >= 11 is 1.32. The molecule has 10 heteroatoms. The number of rotatable bonds is 5. The van der Waals surface area contributed by atoms with Crippen LogP contribution in [0.5, 0.6) is 0 Å². The zero-order valence-electron chi connectivity index (χ0n) is 19.2. The molecule has 0 fully saturated rings. The predicted molar refractivity (Wildman–Crippen MR) is 129 cm³/mol. The summed E-state index contributed by atoms with van der Waals surface area (Å²) in [6.07, 6.45) is -1.09. The topological polar surface area (TPSA) is 73.8 Å². The lowest BCUT2D eigenvalue weighted by Gasteiger charge is -2.20. The van der Waals surface area contributed by atoms with Crippen LogP contribution in [0.25, 0.3) is 11.8 Å². The van der Waals surface area contributed by atoms with Gasteiger partial charge >= 0.3 is 6.18 Å². The summed E-state index contributed by atoms with van der Waals surface area (Å²) in [5, 5.41) is 15.7. The van der Waals surface area contributed by atoms with Gasteiger partial charge in [-0.1, -0.05) is 19.9 Å². The number of aryl methyl sites for hydroxylation is 1. The van der Waals surface area contributed by atoms with Crippen LogP contribution in [0.1, 0.15) is 49.2 Å². The molecule has 0 radical (unpaired) electrons. The Bertz CT molecular complexity index is 1270. The quantitative estimate of drug-likeness (QED) is 0.513. The second-order valence-corrected chi connectivity index (χ2v) is 9.17. The van der Waals surface area contributed by atoms with E-state index in [0.29, 0.717) is 27.8 Å². The molecule has 178 valence electrons. The van der Waals surface area contributed by atoms with E-state index >= 15 is 0 Å². The van der Waals surface area contributed by atoms with Crippen molar-refractivity contribution in [1.82, 2.24) is 9.58 Å². The lowest BCUT2D eigenvalue weighted by atomic mass is 10.1. The number of nitrogens with one attached hydrogen (secondary N) is 1. The fraction of sp³-hybridized carbons (Fsp3) is 0.333. The molecule has 0 bridgehead atoms. The molecule has 34 heavy (non-hydrogen) atoms. The Balaban J connectivity index is 1.71. The van der Waals surface area contributed by atoms with E-state index in [4.69, 9.17) is 5.41 Å². The minimum absolute atomic E-state index is 0.0627. The van der Waals surface area contributed by atoms with Crippen molar-refractivity contribution in [1.29, 1.82) is 5.41 Å². The normalized spacial score (nSPS) is 17.5. The van der Waals surface area contributed by atoms with E-state index in [1.54, 1.807) is 36.6 Å². The Hall–Kier alpha value is -3.14. The van der Waals surface area contributed by atoms with Crippen molar-refractivity contribution in [2.45, 2.75) is 46.7 Å². The highest BCUT2D eigenvalue weighted by Crippen LogP contribution is 2.34. The lowest BCUT2D eigenvalue weighted by molar-refractivity contribution is -0.137. The van der Waals surface area contributed by atoms with Gasteiger partial charge in [0, 0.05) is 23.0 Å². The standard InChI is InChI=1S/C24H24F3N5OS/c1-5-15(6-2)22-30-32-20(28)19(21(33)29-23(32)34-22)11-16-10-13(3)31(14(16)4)18-9-7-8-17(12-18)24(25,26)27/h7-12,15,28H,5-6H2,1-4H3/b19-11-,28-20?. The van der Waals surface area contributed by atoms with E-state index in [1.165, 1.54) is 22.8 Å². The summed E-state index contributed by atoms with van der Waals surface area (Å²) in [5.74, 6) is -0.360. The van der Waals surface area contributed by atoms with E-state index < -0.39 is 17.6 Å². The Morgan fingerprint density at radius 3 is 2.53 bits per heavy atom. The van der Waals surface area contributed by atoms with E-state index in [9.17, 15) is 18.0 Å². The zero-order chi connectivity index (χ0) is 24.8. The summed E-state index contributed by atoms with van der Waals surface area (Å²) in [6, 6.07) is 6.87. The van der Waals surface area contributed by atoms with E-state index in [0.717, 1.165) is 30.0 Å². The van der Waals surface area contributed by atoms with Crippen molar-refractivity contribution < 1.29 is 18.0 Å². The minimum Gasteiger partial charge on any atom is -0.318 e. The van der Waals surface area contributed by atoms with Crippen molar-refractivity contribution in [2.24, 2.45) is 16.0 Å². The number of aliphatic imine (C=N–C) groups is 1. The van der Waals surface area contributed by atoms with Crippen molar-refractivity contribution in [2.75, 3.05) is 0 Å². The number of alkyl halides is 3. The van der Waals surface area contributed by atoms with Gasteiger partial charge in [-0.15, -0.1) is 0 Å². The van der Waals surface area contributed by atoms with Crippen LogP contribution in [0.15, 0.2) is 46.0 Å². The van der Waals surface area contributed by atoms with Gasteiger partial charge in [-0.05, 0) is 74.4 Å². The minimum atomic E-state index is -4.45. The number of benzene rings is 1. The van der Waals surface area contributed by atoms with E-state index in [2.05, 4.69) is 23.9 Å². The van der Waals surface area contributed by atoms with Crippen LogP contribution >= 0.6 is 11.8 Å². The number of aromatic nitrogens is 1. The van der Waals surface area contributed by atoms with Crippen molar-refractivity contribution in [3.63, 3.8) is 0 Å². The Labute approximate surface area is 199 Å². The first-order chi connectivity index (χ1) is 16.0. The molecule has 2 aliphatic heterocycles. The summed E-state index contributed by atoms with van der Waals surface area (Å²) in [6.45, 7) is 7.68. The highest BCUT2D eigenvalue weighted by molar-refractivity contribution is 8.27. The van der Waals surface area contributed by atoms with Crippen LogP contribution in [0, 0.1) is 25.2 Å².